The van der Waals surface area contributed by atoms with E-state index in [0.29, 0.717) is 43.6 Å². The average Bonchev–Trinajstić information content (AvgIpc) is 3.46. The number of aldehydes is 1. The third-order valence-corrected chi connectivity index (χ3v) is 11.2. The van der Waals surface area contributed by atoms with Crippen molar-refractivity contribution < 1.29 is 14.7 Å². The Bertz CT molecular complexity index is 2160. The summed E-state index contributed by atoms with van der Waals surface area (Å²) in [5.74, 6) is -0.846. The first-order valence-corrected chi connectivity index (χ1v) is 20.3. The molecule has 0 bridgehead atoms. The lowest BCUT2D eigenvalue weighted by Crippen LogP contribution is -2.30. The van der Waals surface area contributed by atoms with Crippen LogP contribution in [0, 0.1) is 11.3 Å². The Kier molecular flexibility index (Phi) is 15.0. The topological polar surface area (TPSA) is 132 Å². The number of carboxylic acids is 1. The first-order chi connectivity index (χ1) is 27.7. The predicted octanol–water partition coefficient (Wildman–Crippen LogP) is 10.8. The normalized spacial score (nSPS) is 17.3. The molecule has 1 aliphatic rings. The van der Waals surface area contributed by atoms with Gasteiger partial charge >= 0.3 is 5.97 Å². The summed E-state index contributed by atoms with van der Waals surface area (Å²) in [4.78, 5) is 30.2. The molecule has 2 unspecified atom stereocenters. The van der Waals surface area contributed by atoms with Gasteiger partial charge in [-0.25, -0.2) is 0 Å². The summed E-state index contributed by atoms with van der Waals surface area (Å²) < 4.78 is 0. The van der Waals surface area contributed by atoms with E-state index in [1.807, 2.05) is 73.8 Å². The molecule has 0 saturated carbocycles. The van der Waals surface area contributed by atoms with E-state index in [2.05, 4.69) is 78.7 Å². The Balaban J connectivity index is 1.58. The number of anilines is 3. The fourth-order valence-electron chi connectivity index (χ4n) is 8.33. The van der Waals surface area contributed by atoms with E-state index < -0.39 is 11.4 Å². The molecule has 2 heterocycles. The number of benzene rings is 3. The van der Waals surface area contributed by atoms with Gasteiger partial charge in [-0.15, -0.1) is 0 Å². The lowest BCUT2D eigenvalue weighted by Gasteiger charge is -2.36. The van der Waals surface area contributed by atoms with E-state index in [-0.39, 0.29) is 11.8 Å². The zero-order valence-electron chi connectivity index (χ0n) is 33.7. The number of aliphatic carboxylic acids is 1. The summed E-state index contributed by atoms with van der Waals surface area (Å²) in [6.45, 7) is 7.29. The number of pyridine rings is 1. The van der Waals surface area contributed by atoms with Crippen molar-refractivity contribution in [1.82, 2.24) is 4.98 Å². The van der Waals surface area contributed by atoms with Gasteiger partial charge in [0.2, 0.25) is 0 Å². The van der Waals surface area contributed by atoms with Crippen molar-refractivity contribution >= 4 is 40.1 Å². The van der Waals surface area contributed by atoms with Gasteiger partial charge in [0.25, 0.3) is 0 Å². The maximum absolute atomic E-state index is 11.8. The molecule has 0 aliphatic carbocycles. The molecule has 0 saturated heterocycles. The summed E-state index contributed by atoms with van der Waals surface area (Å²) in [7, 11) is 0. The number of aromatic nitrogens is 1. The minimum atomic E-state index is -0.846. The maximum atomic E-state index is 11.8. The average molecular weight is 764 g/mol. The maximum Gasteiger partial charge on any atom is 0.305 e. The van der Waals surface area contributed by atoms with Gasteiger partial charge < -0.3 is 25.9 Å². The molecule has 5 rings (SSSR count). The number of carbonyl (C=O) groups excluding carboxylic acids is 1. The second kappa shape index (κ2) is 20.3. The number of hydrogen-bond donors (Lipinski definition) is 3. The summed E-state index contributed by atoms with van der Waals surface area (Å²) in [6, 6.07) is 27.0. The number of unbranched alkanes of at least 4 members (excludes halogenated alkanes) is 3. The molecule has 8 nitrogen and oxygen atoms in total. The molecule has 1 aliphatic heterocycles. The molecular formula is C49H57N5O3. The lowest BCUT2D eigenvalue weighted by atomic mass is 9.69. The first-order valence-electron chi connectivity index (χ1n) is 20.3. The fourth-order valence-corrected chi connectivity index (χ4v) is 8.33. The molecule has 4 N–H and O–H groups in total. The molecule has 0 spiro atoms. The van der Waals surface area contributed by atoms with Crippen molar-refractivity contribution in [1.29, 1.82) is 5.26 Å². The zero-order chi connectivity index (χ0) is 40.7. The van der Waals surface area contributed by atoms with Crippen LogP contribution in [0.25, 0.3) is 10.8 Å². The number of rotatable bonds is 21. The fraction of sp³-hybridized carbons (Fsp3) is 0.347. The van der Waals surface area contributed by atoms with E-state index >= 15 is 0 Å². The Hall–Kier alpha value is -5.94. The highest BCUT2D eigenvalue weighted by Crippen LogP contribution is 2.53. The van der Waals surface area contributed by atoms with E-state index in [1.165, 1.54) is 0 Å². The summed E-state index contributed by atoms with van der Waals surface area (Å²) in [5, 5.41) is 25.5. The standard InChI is InChI=1S/C49H57N5O3/c1-4-6-8-12-28-49(35-40-17-11-13-30-52-40,42-18-9-10-19-44(42)53-31-26-46(56)57)29-14-16-37(36-50)20-25-45-48(3,27-7-5-2)43-24-22-38-21-23-39(51)34-41(38)47(43)54(45)32-15-33-55/h5,7,9-11,13-14,16-25,30,33-34,53H,4,6,8,12,15,26-29,31-32,35,51H2,1-3H3,(H,56,57)/b7-5+,16-14+,37-20-,45-25+. The van der Waals surface area contributed by atoms with Crippen LogP contribution in [0.2, 0.25) is 0 Å². The third kappa shape index (κ3) is 10.3. The predicted molar refractivity (Wildman–Crippen MR) is 234 cm³/mol. The molecule has 0 radical (unpaired) electrons. The lowest BCUT2D eigenvalue weighted by molar-refractivity contribution is -0.136. The number of nitrogens with two attached hydrogens (primary N) is 1. The van der Waals surface area contributed by atoms with Gasteiger partial charge in [0, 0.05) is 64.7 Å². The number of carboxylic acid groups (broad SMARTS) is 1. The van der Waals surface area contributed by atoms with Crippen LogP contribution in [-0.2, 0) is 26.8 Å². The SMILES string of the molecule is C/C=C/CC1(C)\C(=C/C=C(C#N)/C=C/CC(CCCCCC)(Cc2ccccn2)c2ccccc2NCCC(=O)O)N(CCC=O)c2c1ccc1ccc(N)cc21. The Morgan fingerprint density at radius 1 is 1.07 bits per heavy atom. The number of allylic oxidation sites excluding steroid dienone is 8. The number of hydrogen-bond acceptors (Lipinski definition) is 7. The molecule has 0 amide bonds. The third-order valence-electron chi connectivity index (χ3n) is 11.2. The molecule has 296 valence electrons. The highest BCUT2D eigenvalue weighted by Gasteiger charge is 2.43. The van der Waals surface area contributed by atoms with Crippen molar-refractivity contribution in [3.8, 4) is 6.07 Å². The molecule has 0 fully saturated rings. The number of fused-ring (bicyclic) bond motifs is 3. The molecule has 1 aromatic heterocycles. The summed E-state index contributed by atoms with van der Waals surface area (Å²) >= 11 is 0. The monoisotopic (exact) mass is 763 g/mol. The zero-order valence-corrected chi connectivity index (χ0v) is 33.7. The van der Waals surface area contributed by atoms with Gasteiger partial charge in [-0.3, -0.25) is 9.78 Å². The Morgan fingerprint density at radius 2 is 1.88 bits per heavy atom. The van der Waals surface area contributed by atoms with Gasteiger partial charge in [-0.1, -0.05) is 93.3 Å². The number of carbonyl (C=O) groups is 2. The largest absolute Gasteiger partial charge is 0.481 e. The molecule has 4 aromatic rings. The van der Waals surface area contributed by atoms with Crippen LogP contribution in [0.5, 0.6) is 0 Å². The van der Waals surface area contributed by atoms with Crippen LogP contribution < -0.4 is 16.0 Å². The summed E-state index contributed by atoms with van der Waals surface area (Å²) in [5.41, 5.74) is 13.0. The number of nitrogen functional groups attached to an aromatic ring is 1. The van der Waals surface area contributed by atoms with Gasteiger partial charge in [-0.05, 0) is 105 Å². The molecular weight excluding hydrogens is 707 g/mol. The van der Waals surface area contributed by atoms with Crippen LogP contribution in [0.1, 0.15) is 95.4 Å². The van der Waals surface area contributed by atoms with Crippen LogP contribution in [0.3, 0.4) is 0 Å². The van der Waals surface area contributed by atoms with Gasteiger partial charge in [0.15, 0.2) is 0 Å². The molecule has 57 heavy (non-hydrogen) atoms. The number of nitriles is 1. The van der Waals surface area contributed by atoms with E-state index in [0.717, 1.165) is 89.5 Å². The highest BCUT2D eigenvalue weighted by molar-refractivity contribution is 6.01. The van der Waals surface area contributed by atoms with Crippen molar-refractivity contribution in [2.75, 3.05) is 29.0 Å². The Labute approximate surface area is 338 Å². The molecule has 3 aromatic carbocycles. The van der Waals surface area contributed by atoms with Gasteiger partial charge in [0.1, 0.15) is 6.29 Å². The van der Waals surface area contributed by atoms with Gasteiger partial charge in [0.05, 0.1) is 23.8 Å². The van der Waals surface area contributed by atoms with Crippen molar-refractivity contribution in [3.63, 3.8) is 0 Å². The van der Waals surface area contributed by atoms with Crippen LogP contribution >= 0.6 is 0 Å². The van der Waals surface area contributed by atoms with E-state index in [4.69, 9.17) is 10.7 Å². The van der Waals surface area contributed by atoms with E-state index in [1.54, 1.807) is 0 Å². The van der Waals surface area contributed by atoms with Crippen LogP contribution in [0.15, 0.2) is 127 Å². The molecule has 2 atom stereocenters. The highest BCUT2D eigenvalue weighted by atomic mass is 16.4. The second-order valence-electron chi connectivity index (χ2n) is 15.3. The Morgan fingerprint density at radius 3 is 2.61 bits per heavy atom. The minimum Gasteiger partial charge on any atom is -0.481 e. The van der Waals surface area contributed by atoms with Crippen LogP contribution in [-0.4, -0.2) is 35.4 Å². The molecule has 8 heteroatoms. The van der Waals surface area contributed by atoms with Crippen molar-refractivity contribution in [2.24, 2.45) is 0 Å². The number of para-hydroxylation sites is 1. The number of nitrogens with one attached hydrogen (secondary N) is 1. The van der Waals surface area contributed by atoms with Crippen molar-refractivity contribution in [3.05, 3.63) is 144 Å². The van der Waals surface area contributed by atoms with Gasteiger partial charge in [-0.2, -0.15) is 5.26 Å². The smallest absolute Gasteiger partial charge is 0.305 e. The second-order valence-corrected chi connectivity index (χ2v) is 15.3. The number of nitrogens with zero attached hydrogens (tertiary/aromatic N) is 3. The summed E-state index contributed by atoms with van der Waals surface area (Å²) in [6.07, 6.45) is 22.8. The van der Waals surface area contributed by atoms with E-state index in [9.17, 15) is 20.0 Å². The first kappa shape index (κ1) is 42.2. The quantitative estimate of drug-likeness (QED) is 0.0191. The van der Waals surface area contributed by atoms with Crippen LogP contribution in [0.4, 0.5) is 17.1 Å². The van der Waals surface area contributed by atoms with Crippen molar-refractivity contribution in [2.45, 2.75) is 95.8 Å². The minimum absolute atomic E-state index is 0.0134.